The molecule has 3 heteroatoms. The first kappa shape index (κ1) is 8.38. The number of hydrogen-bond acceptors (Lipinski definition) is 3. The second kappa shape index (κ2) is 3.26. The second-order valence-corrected chi connectivity index (χ2v) is 3.23. The molecule has 1 heterocycles. The van der Waals surface area contributed by atoms with Crippen LogP contribution in [0.1, 0.15) is 5.56 Å². The molecule has 1 aliphatic rings. The molecule has 0 saturated heterocycles. The van der Waals surface area contributed by atoms with Crippen LogP contribution in [-0.2, 0) is 6.42 Å². The molecule has 0 spiro atoms. The molecule has 1 aromatic carbocycles. The first-order chi connectivity index (χ1) is 6.31. The summed E-state index contributed by atoms with van der Waals surface area (Å²) in [7, 11) is 1.86. The van der Waals surface area contributed by atoms with Gasteiger partial charge < -0.3 is 14.7 Å². The molecule has 1 N–H and O–H groups in total. The van der Waals surface area contributed by atoms with Gasteiger partial charge in [-0.15, -0.1) is 0 Å². The van der Waals surface area contributed by atoms with E-state index in [1.807, 2.05) is 19.2 Å². The monoisotopic (exact) mass is 179 g/mol. The van der Waals surface area contributed by atoms with E-state index in [9.17, 15) is 0 Å². The van der Waals surface area contributed by atoms with Gasteiger partial charge in [0.1, 0.15) is 12.5 Å². The number of nitrogens with zero attached hydrogens (tertiary/aromatic N) is 1. The van der Waals surface area contributed by atoms with Gasteiger partial charge in [-0.1, -0.05) is 0 Å². The van der Waals surface area contributed by atoms with Crippen LogP contribution >= 0.6 is 0 Å². The molecule has 1 aliphatic heterocycles. The Morgan fingerprint density at radius 2 is 2.38 bits per heavy atom. The van der Waals surface area contributed by atoms with E-state index in [0.29, 0.717) is 0 Å². The predicted molar refractivity (Wildman–Crippen MR) is 51.1 cm³/mol. The van der Waals surface area contributed by atoms with Crippen LogP contribution in [0.4, 0.5) is 5.69 Å². The molecule has 3 nitrogen and oxygen atoms in total. The van der Waals surface area contributed by atoms with Gasteiger partial charge in [-0.25, -0.2) is 0 Å². The number of anilines is 1. The number of aliphatic hydroxyl groups excluding tert-OH is 1. The Hall–Kier alpha value is -1.22. The van der Waals surface area contributed by atoms with Gasteiger partial charge in [0.15, 0.2) is 0 Å². The van der Waals surface area contributed by atoms with Crippen LogP contribution in [0.15, 0.2) is 18.2 Å². The molecular formula is C10H13NO2. The summed E-state index contributed by atoms with van der Waals surface area (Å²) < 4.78 is 5.39. The van der Waals surface area contributed by atoms with Crippen LogP contribution in [-0.4, -0.2) is 25.5 Å². The number of fused-ring (bicyclic) bond motifs is 1. The average Bonchev–Trinajstić information content (AvgIpc) is 2.63. The Kier molecular flexibility index (Phi) is 2.10. The van der Waals surface area contributed by atoms with Crippen molar-refractivity contribution < 1.29 is 9.84 Å². The fourth-order valence-electron chi connectivity index (χ4n) is 1.49. The van der Waals surface area contributed by atoms with Crippen LogP contribution in [0.5, 0.6) is 5.75 Å². The molecule has 1 aromatic rings. The SMILES string of the molecule is CN(CO)c1ccc2c(c1)CCO2. The van der Waals surface area contributed by atoms with Crippen molar-refractivity contribution in [3.05, 3.63) is 23.8 Å². The molecule has 0 aliphatic carbocycles. The number of aliphatic hydroxyl groups is 1. The lowest BCUT2D eigenvalue weighted by atomic mass is 10.1. The molecule has 0 aromatic heterocycles. The predicted octanol–water partition coefficient (Wildman–Crippen LogP) is 1.01. The van der Waals surface area contributed by atoms with Crippen molar-refractivity contribution in [1.29, 1.82) is 0 Å². The molecule has 0 radical (unpaired) electrons. The molecule has 0 fully saturated rings. The molecule has 0 atom stereocenters. The average molecular weight is 179 g/mol. The standard InChI is InChI=1S/C10H13NO2/c1-11(7-12)9-2-3-10-8(6-9)4-5-13-10/h2-3,6,12H,4-5,7H2,1H3. The highest BCUT2D eigenvalue weighted by Gasteiger charge is 2.12. The van der Waals surface area contributed by atoms with E-state index in [0.717, 1.165) is 24.5 Å². The Bertz CT molecular complexity index is 312. The Labute approximate surface area is 77.6 Å². The Balaban J connectivity index is 2.30. The lowest BCUT2D eigenvalue weighted by Gasteiger charge is -2.16. The summed E-state index contributed by atoms with van der Waals surface area (Å²) >= 11 is 0. The highest BCUT2D eigenvalue weighted by molar-refractivity contribution is 5.53. The maximum Gasteiger partial charge on any atom is 0.122 e. The number of hydrogen-bond donors (Lipinski definition) is 1. The van der Waals surface area contributed by atoms with Gasteiger partial charge in [-0.05, 0) is 23.8 Å². The third-order valence-corrected chi connectivity index (χ3v) is 2.33. The van der Waals surface area contributed by atoms with Crippen molar-refractivity contribution in [2.24, 2.45) is 0 Å². The first-order valence-electron chi connectivity index (χ1n) is 4.39. The summed E-state index contributed by atoms with van der Waals surface area (Å²) in [5.41, 5.74) is 2.27. The normalized spacial score (nSPS) is 13.7. The minimum Gasteiger partial charge on any atom is -0.493 e. The van der Waals surface area contributed by atoms with Gasteiger partial charge in [0.25, 0.3) is 0 Å². The molecule has 0 amide bonds. The van der Waals surface area contributed by atoms with Gasteiger partial charge in [-0.3, -0.25) is 0 Å². The van der Waals surface area contributed by atoms with Crippen LogP contribution in [0.3, 0.4) is 0 Å². The third kappa shape index (κ3) is 1.47. The van der Waals surface area contributed by atoms with Gasteiger partial charge in [0, 0.05) is 19.2 Å². The summed E-state index contributed by atoms with van der Waals surface area (Å²) in [6, 6.07) is 5.99. The molecule has 70 valence electrons. The number of ether oxygens (including phenoxy) is 1. The fraction of sp³-hybridized carbons (Fsp3) is 0.400. The van der Waals surface area contributed by atoms with Crippen molar-refractivity contribution in [1.82, 2.24) is 0 Å². The first-order valence-corrected chi connectivity index (χ1v) is 4.39. The summed E-state index contributed by atoms with van der Waals surface area (Å²) in [4.78, 5) is 1.79. The van der Waals surface area contributed by atoms with E-state index in [4.69, 9.17) is 9.84 Å². The Morgan fingerprint density at radius 3 is 3.15 bits per heavy atom. The van der Waals surface area contributed by atoms with E-state index in [1.165, 1.54) is 5.56 Å². The van der Waals surface area contributed by atoms with E-state index in [-0.39, 0.29) is 6.73 Å². The topological polar surface area (TPSA) is 32.7 Å². The lowest BCUT2D eigenvalue weighted by molar-refractivity contribution is 0.298. The van der Waals surface area contributed by atoms with Crippen LogP contribution in [0.2, 0.25) is 0 Å². The largest absolute Gasteiger partial charge is 0.493 e. The molecule has 2 rings (SSSR count). The molecule has 0 saturated carbocycles. The summed E-state index contributed by atoms with van der Waals surface area (Å²) in [5.74, 6) is 0.982. The Morgan fingerprint density at radius 1 is 1.54 bits per heavy atom. The zero-order valence-electron chi connectivity index (χ0n) is 7.66. The number of benzene rings is 1. The van der Waals surface area contributed by atoms with Gasteiger partial charge >= 0.3 is 0 Å². The van der Waals surface area contributed by atoms with Crippen molar-refractivity contribution >= 4 is 5.69 Å². The van der Waals surface area contributed by atoms with E-state index < -0.39 is 0 Å². The van der Waals surface area contributed by atoms with Crippen LogP contribution in [0.25, 0.3) is 0 Å². The van der Waals surface area contributed by atoms with E-state index in [2.05, 4.69) is 6.07 Å². The molecule has 0 bridgehead atoms. The summed E-state index contributed by atoms with van der Waals surface area (Å²) in [6.07, 6.45) is 0.975. The zero-order chi connectivity index (χ0) is 9.26. The van der Waals surface area contributed by atoms with Gasteiger partial charge in [0.2, 0.25) is 0 Å². The summed E-state index contributed by atoms with van der Waals surface area (Å²) in [5, 5.41) is 8.93. The van der Waals surface area contributed by atoms with Crippen LogP contribution < -0.4 is 9.64 Å². The maximum atomic E-state index is 8.93. The molecule has 0 unspecified atom stereocenters. The maximum absolute atomic E-state index is 8.93. The van der Waals surface area contributed by atoms with Gasteiger partial charge in [0.05, 0.1) is 6.61 Å². The van der Waals surface area contributed by atoms with Crippen molar-refractivity contribution in [3.8, 4) is 5.75 Å². The van der Waals surface area contributed by atoms with Crippen LogP contribution in [0, 0.1) is 0 Å². The summed E-state index contributed by atoms with van der Waals surface area (Å²) in [6.45, 7) is 0.821. The number of rotatable bonds is 2. The second-order valence-electron chi connectivity index (χ2n) is 3.23. The molecule has 13 heavy (non-hydrogen) atoms. The minimum atomic E-state index is 0.0413. The third-order valence-electron chi connectivity index (χ3n) is 2.33. The quantitative estimate of drug-likeness (QED) is 0.688. The van der Waals surface area contributed by atoms with Gasteiger partial charge in [-0.2, -0.15) is 0 Å². The van der Waals surface area contributed by atoms with Crippen molar-refractivity contribution in [3.63, 3.8) is 0 Å². The van der Waals surface area contributed by atoms with E-state index >= 15 is 0 Å². The zero-order valence-corrected chi connectivity index (χ0v) is 7.66. The van der Waals surface area contributed by atoms with Crippen molar-refractivity contribution in [2.45, 2.75) is 6.42 Å². The highest BCUT2D eigenvalue weighted by Crippen LogP contribution is 2.28. The minimum absolute atomic E-state index is 0.0413. The fourth-order valence-corrected chi connectivity index (χ4v) is 1.49. The van der Waals surface area contributed by atoms with E-state index in [1.54, 1.807) is 4.90 Å². The smallest absolute Gasteiger partial charge is 0.122 e. The van der Waals surface area contributed by atoms with Crippen molar-refractivity contribution in [2.75, 3.05) is 25.3 Å². The lowest BCUT2D eigenvalue weighted by Crippen LogP contribution is -2.17. The highest BCUT2D eigenvalue weighted by atomic mass is 16.5. The molecular weight excluding hydrogens is 166 g/mol.